The molecular formula is C23H25FN2O. The van der Waals surface area contributed by atoms with Gasteiger partial charge in [-0.2, -0.15) is 0 Å². The van der Waals surface area contributed by atoms with Crippen LogP contribution in [0.5, 0.6) is 0 Å². The highest BCUT2D eigenvalue weighted by Crippen LogP contribution is 2.58. The van der Waals surface area contributed by atoms with Crippen LogP contribution in [0.3, 0.4) is 0 Å². The zero-order valence-corrected chi connectivity index (χ0v) is 16.0. The maximum atomic E-state index is 14.1. The van der Waals surface area contributed by atoms with Gasteiger partial charge in [-0.15, -0.1) is 0 Å². The van der Waals surface area contributed by atoms with Crippen LogP contribution < -0.4 is 5.32 Å². The first-order valence-electron chi connectivity index (χ1n) is 9.68. The predicted molar refractivity (Wildman–Crippen MR) is 108 cm³/mol. The number of nitrogens with one attached hydrogen (secondary N) is 2. The lowest BCUT2D eigenvalue weighted by Crippen LogP contribution is -2.65. The molecule has 0 saturated heterocycles. The fourth-order valence-corrected chi connectivity index (χ4v) is 5.62. The number of fused-ring (bicyclic) bond motifs is 4. The Labute approximate surface area is 158 Å². The molecule has 1 fully saturated rings. The van der Waals surface area contributed by atoms with Crippen molar-refractivity contribution in [1.82, 2.24) is 4.98 Å². The Kier molecular flexibility index (Phi) is 3.20. The molecule has 3 aromatic rings. The molecule has 0 spiro atoms. The number of aliphatic hydroxyl groups is 1. The fourth-order valence-electron chi connectivity index (χ4n) is 5.62. The molecule has 27 heavy (non-hydrogen) atoms. The molecule has 140 valence electrons. The Morgan fingerprint density at radius 2 is 1.85 bits per heavy atom. The van der Waals surface area contributed by atoms with E-state index in [1.807, 2.05) is 6.07 Å². The summed E-state index contributed by atoms with van der Waals surface area (Å²) in [6.07, 6.45) is 4.55. The van der Waals surface area contributed by atoms with Crippen LogP contribution in [-0.2, 0) is 5.41 Å². The van der Waals surface area contributed by atoms with Crippen LogP contribution in [0.2, 0.25) is 0 Å². The largest absolute Gasteiger partial charge is 0.387 e. The van der Waals surface area contributed by atoms with Crippen LogP contribution in [0.4, 0.5) is 10.1 Å². The summed E-state index contributed by atoms with van der Waals surface area (Å²) in [6.45, 7) is 6.38. The number of rotatable bonds is 1. The van der Waals surface area contributed by atoms with Crippen LogP contribution in [0, 0.1) is 5.82 Å². The first-order valence-corrected chi connectivity index (χ1v) is 9.68. The van der Waals surface area contributed by atoms with Crippen molar-refractivity contribution in [2.75, 3.05) is 5.32 Å². The summed E-state index contributed by atoms with van der Waals surface area (Å²) in [5.74, 6) is -0.214. The third-order valence-electron chi connectivity index (χ3n) is 7.20. The first-order chi connectivity index (χ1) is 12.8. The monoisotopic (exact) mass is 364 g/mol. The third-order valence-corrected chi connectivity index (χ3v) is 7.20. The molecular weight excluding hydrogens is 339 g/mol. The number of halogens is 1. The zero-order chi connectivity index (χ0) is 19.0. The van der Waals surface area contributed by atoms with Crippen molar-refractivity contribution in [2.24, 2.45) is 0 Å². The Balaban J connectivity index is 1.73. The van der Waals surface area contributed by atoms with Crippen molar-refractivity contribution in [3.05, 3.63) is 54.0 Å². The van der Waals surface area contributed by atoms with E-state index in [-0.39, 0.29) is 11.2 Å². The molecule has 2 aliphatic rings. The Hall–Kier alpha value is -2.33. The normalized spacial score (nSPS) is 28.6. The topological polar surface area (TPSA) is 48.0 Å². The molecule has 4 heteroatoms. The summed E-state index contributed by atoms with van der Waals surface area (Å²) >= 11 is 0. The lowest BCUT2D eigenvalue weighted by atomic mass is 9.60. The molecule has 0 amide bonds. The maximum Gasteiger partial charge on any atom is 0.132 e. The van der Waals surface area contributed by atoms with Crippen LogP contribution in [-0.4, -0.2) is 21.2 Å². The summed E-state index contributed by atoms with van der Waals surface area (Å²) < 4.78 is 14.1. The van der Waals surface area contributed by atoms with Crippen LogP contribution in [0.15, 0.2) is 42.6 Å². The second-order valence-corrected chi connectivity index (χ2v) is 8.92. The van der Waals surface area contributed by atoms with Crippen molar-refractivity contribution in [3.8, 4) is 11.1 Å². The molecule has 0 bridgehead atoms. The van der Waals surface area contributed by atoms with Gasteiger partial charge in [0.1, 0.15) is 5.82 Å². The van der Waals surface area contributed by atoms with Gasteiger partial charge in [-0.05, 0) is 74.6 Å². The highest BCUT2D eigenvalue weighted by Gasteiger charge is 2.62. The Morgan fingerprint density at radius 1 is 1.04 bits per heavy atom. The number of aromatic nitrogens is 1. The molecule has 5 rings (SSSR count). The van der Waals surface area contributed by atoms with E-state index >= 15 is 0 Å². The average Bonchev–Trinajstić information content (AvgIpc) is 3.23. The number of anilines is 1. The van der Waals surface area contributed by atoms with Crippen LogP contribution in [0.25, 0.3) is 22.0 Å². The fraction of sp³-hybridized carbons (Fsp3) is 0.391. The summed E-state index contributed by atoms with van der Waals surface area (Å²) in [5.41, 5.74) is 3.58. The van der Waals surface area contributed by atoms with E-state index < -0.39 is 11.1 Å². The van der Waals surface area contributed by atoms with Gasteiger partial charge < -0.3 is 15.4 Å². The van der Waals surface area contributed by atoms with E-state index in [2.05, 4.69) is 49.3 Å². The minimum Gasteiger partial charge on any atom is -0.387 e. The smallest absolute Gasteiger partial charge is 0.132 e. The highest BCUT2D eigenvalue weighted by molar-refractivity contribution is 5.95. The molecule has 2 aromatic carbocycles. The summed E-state index contributed by atoms with van der Waals surface area (Å²) in [5, 5.41) is 15.8. The molecule has 2 unspecified atom stereocenters. The van der Waals surface area contributed by atoms with E-state index in [0.29, 0.717) is 5.39 Å². The predicted octanol–water partition coefficient (Wildman–Crippen LogP) is 5.35. The number of hydrogen-bond donors (Lipinski definition) is 3. The molecule has 2 heterocycles. The van der Waals surface area contributed by atoms with Gasteiger partial charge in [-0.25, -0.2) is 4.39 Å². The van der Waals surface area contributed by atoms with E-state index in [0.717, 1.165) is 47.2 Å². The van der Waals surface area contributed by atoms with Gasteiger partial charge in [0.05, 0.1) is 16.7 Å². The van der Waals surface area contributed by atoms with E-state index in [1.54, 1.807) is 12.3 Å². The number of aromatic amines is 1. The molecule has 3 nitrogen and oxygen atoms in total. The number of H-pyrrole nitrogens is 1. The molecule has 1 aliphatic carbocycles. The van der Waals surface area contributed by atoms with Gasteiger partial charge in [0.25, 0.3) is 0 Å². The highest BCUT2D eigenvalue weighted by atomic mass is 19.1. The van der Waals surface area contributed by atoms with Crippen molar-refractivity contribution in [3.63, 3.8) is 0 Å². The van der Waals surface area contributed by atoms with Gasteiger partial charge in [0.2, 0.25) is 0 Å². The van der Waals surface area contributed by atoms with Gasteiger partial charge in [0.15, 0.2) is 0 Å². The molecule has 0 radical (unpaired) electrons. The van der Waals surface area contributed by atoms with E-state index in [4.69, 9.17) is 0 Å². The quantitative estimate of drug-likeness (QED) is 0.545. The zero-order valence-electron chi connectivity index (χ0n) is 16.0. The number of hydrogen-bond acceptors (Lipinski definition) is 2. The van der Waals surface area contributed by atoms with Crippen molar-refractivity contribution >= 4 is 16.6 Å². The first kappa shape index (κ1) is 16.8. The van der Waals surface area contributed by atoms with Crippen molar-refractivity contribution < 1.29 is 9.50 Å². The van der Waals surface area contributed by atoms with E-state index in [1.165, 1.54) is 6.07 Å². The lowest BCUT2D eigenvalue weighted by molar-refractivity contribution is -0.0628. The SMILES string of the molecule is CC1(C)Nc2ccc(-c3ccc(F)c4cc[nH]c34)cc2C2(C)CCCC12O. The van der Waals surface area contributed by atoms with Gasteiger partial charge in [-0.1, -0.05) is 13.0 Å². The van der Waals surface area contributed by atoms with Gasteiger partial charge in [0, 0.05) is 28.2 Å². The van der Waals surface area contributed by atoms with Gasteiger partial charge in [-0.3, -0.25) is 0 Å². The van der Waals surface area contributed by atoms with Crippen LogP contribution in [0.1, 0.15) is 45.6 Å². The second kappa shape index (κ2) is 5.14. The van der Waals surface area contributed by atoms with E-state index in [9.17, 15) is 9.50 Å². The third kappa shape index (κ3) is 1.99. The van der Waals surface area contributed by atoms with Crippen molar-refractivity contribution in [2.45, 2.75) is 56.6 Å². The Bertz CT molecular complexity index is 1070. The minimum atomic E-state index is -0.795. The molecule has 2 atom stereocenters. The van der Waals surface area contributed by atoms with Crippen molar-refractivity contribution in [1.29, 1.82) is 0 Å². The second-order valence-electron chi connectivity index (χ2n) is 8.92. The van der Waals surface area contributed by atoms with Gasteiger partial charge >= 0.3 is 0 Å². The molecule has 1 aliphatic heterocycles. The summed E-state index contributed by atoms with van der Waals surface area (Å²) in [6, 6.07) is 11.5. The van der Waals surface area contributed by atoms with Crippen LogP contribution >= 0.6 is 0 Å². The maximum absolute atomic E-state index is 14.1. The molecule has 3 N–H and O–H groups in total. The average molecular weight is 364 g/mol. The Morgan fingerprint density at radius 3 is 2.67 bits per heavy atom. The summed E-state index contributed by atoms with van der Waals surface area (Å²) in [4.78, 5) is 3.18. The molecule has 1 aromatic heterocycles. The summed E-state index contributed by atoms with van der Waals surface area (Å²) in [7, 11) is 0. The standard InChI is InChI=1S/C23H25FN2O/c1-21(2)23(27)11-4-10-22(23,3)17-13-14(5-8-19(17)26-21)15-6-7-18(24)16-9-12-25-20(15)16/h5-9,12-13,25-27H,4,10-11H2,1-3H3. The minimum absolute atomic E-state index is 0.214. The number of benzene rings is 2. The molecule has 1 saturated carbocycles. The lowest BCUT2D eigenvalue weighted by Gasteiger charge is -2.55.